The molecule has 2 rings (SSSR count). The van der Waals surface area contributed by atoms with E-state index in [0.717, 1.165) is 13.1 Å². The number of benzene rings is 1. The molecule has 3 nitrogen and oxygen atoms in total. The molecule has 1 fully saturated rings. The first-order chi connectivity index (χ1) is 9.11. The Kier molecular flexibility index (Phi) is 4.97. The number of rotatable bonds is 3. The van der Waals surface area contributed by atoms with Gasteiger partial charge in [0.05, 0.1) is 0 Å². The van der Waals surface area contributed by atoms with Crippen molar-refractivity contribution in [1.82, 2.24) is 9.80 Å². The van der Waals surface area contributed by atoms with Gasteiger partial charge in [0.1, 0.15) is 0 Å². The molecule has 2 N–H and O–H groups in total. The van der Waals surface area contributed by atoms with Crippen LogP contribution in [-0.2, 0) is 0 Å². The van der Waals surface area contributed by atoms with E-state index in [2.05, 4.69) is 55.0 Å². The number of nitrogens with zero attached hydrogens (tertiary/aromatic N) is 2. The van der Waals surface area contributed by atoms with Crippen molar-refractivity contribution < 1.29 is 0 Å². The van der Waals surface area contributed by atoms with Gasteiger partial charge in [-0.3, -0.25) is 4.90 Å². The van der Waals surface area contributed by atoms with E-state index in [1.807, 2.05) is 0 Å². The molecule has 0 aromatic heterocycles. The van der Waals surface area contributed by atoms with E-state index in [4.69, 9.17) is 5.73 Å². The van der Waals surface area contributed by atoms with E-state index in [1.54, 1.807) is 0 Å². The SMILES string of the molecule is Cc1ccc(C(CN)N2CCCN(C)CC2C)cc1. The van der Waals surface area contributed by atoms with Gasteiger partial charge in [-0.05, 0) is 39.4 Å². The summed E-state index contributed by atoms with van der Waals surface area (Å²) in [6.45, 7) is 8.59. The van der Waals surface area contributed by atoms with Gasteiger partial charge < -0.3 is 10.6 Å². The summed E-state index contributed by atoms with van der Waals surface area (Å²) < 4.78 is 0. The summed E-state index contributed by atoms with van der Waals surface area (Å²) in [5.74, 6) is 0. The van der Waals surface area contributed by atoms with Crippen molar-refractivity contribution in [3.63, 3.8) is 0 Å². The Balaban J connectivity index is 2.18. The Morgan fingerprint density at radius 3 is 2.58 bits per heavy atom. The zero-order chi connectivity index (χ0) is 13.8. The minimum Gasteiger partial charge on any atom is -0.329 e. The number of hydrogen-bond acceptors (Lipinski definition) is 3. The first-order valence-electron chi connectivity index (χ1n) is 7.32. The highest BCUT2D eigenvalue weighted by Gasteiger charge is 2.26. The highest BCUT2D eigenvalue weighted by atomic mass is 15.2. The van der Waals surface area contributed by atoms with Crippen LogP contribution < -0.4 is 5.73 Å². The fraction of sp³-hybridized carbons (Fsp3) is 0.625. The molecular weight excluding hydrogens is 234 g/mol. The second-order valence-electron chi connectivity index (χ2n) is 5.86. The topological polar surface area (TPSA) is 32.5 Å². The largest absolute Gasteiger partial charge is 0.329 e. The number of nitrogens with two attached hydrogens (primary N) is 1. The van der Waals surface area contributed by atoms with Gasteiger partial charge in [-0.15, -0.1) is 0 Å². The minimum absolute atomic E-state index is 0.349. The average molecular weight is 261 g/mol. The van der Waals surface area contributed by atoms with E-state index >= 15 is 0 Å². The number of aryl methyl sites for hydroxylation is 1. The zero-order valence-corrected chi connectivity index (χ0v) is 12.5. The van der Waals surface area contributed by atoms with Crippen molar-refractivity contribution in [1.29, 1.82) is 0 Å². The second kappa shape index (κ2) is 6.51. The van der Waals surface area contributed by atoms with Gasteiger partial charge >= 0.3 is 0 Å². The van der Waals surface area contributed by atoms with Crippen LogP contribution >= 0.6 is 0 Å². The molecule has 0 amide bonds. The van der Waals surface area contributed by atoms with Crippen molar-refractivity contribution in [3.8, 4) is 0 Å². The summed E-state index contributed by atoms with van der Waals surface area (Å²) in [5, 5.41) is 0. The maximum absolute atomic E-state index is 6.07. The fourth-order valence-electron chi connectivity index (χ4n) is 3.11. The first kappa shape index (κ1) is 14.5. The van der Waals surface area contributed by atoms with Crippen LogP contribution in [-0.4, -0.2) is 49.1 Å². The maximum atomic E-state index is 6.07. The lowest BCUT2D eigenvalue weighted by atomic mass is 10.0. The molecule has 0 saturated carbocycles. The molecular formula is C16H27N3. The Morgan fingerprint density at radius 2 is 1.95 bits per heavy atom. The van der Waals surface area contributed by atoms with Crippen LogP contribution in [0.5, 0.6) is 0 Å². The highest BCUT2D eigenvalue weighted by Crippen LogP contribution is 2.24. The molecule has 0 bridgehead atoms. The maximum Gasteiger partial charge on any atom is 0.0473 e. The third-order valence-corrected chi connectivity index (χ3v) is 4.18. The standard InChI is InChI=1S/C16H27N3/c1-13-5-7-15(8-6-13)16(11-17)19-10-4-9-18(3)12-14(19)2/h5-8,14,16H,4,9-12,17H2,1-3H3. The van der Waals surface area contributed by atoms with Crippen molar-refractivity contribution >= 4 is 0 Å². The summed E-state index contributed by atoms with van der Waals surface area (Å²) in [4.78, 5) is 5.00. The molecule has 0 radical (unpaired) electrons. The van der Waals surface area contributed by atoms with Gasteiger partial charge in [0.25, 0.3) is 0 Å². The van der Waals surface area contributed by atoms with Crippen LogP contribution in [0.1, 0.15) is 30.5 Å². The Hall–Kier alpha value is -0.900. The third kappa shape index (κ3) is 3.56. The summed E-state index contributed by atoms with van der Waals surface area (Å²) in [7, 11) is 2.21. The summed E-state index contributed by atoms with van der Waals surface area (Å²) in [6, 6.07) is 9.74. The van der Waals surface area contributed by atoms with Crippen LogP contribution in [0.3, 0.4) is 0 Å². The predicted molar refractivity (Wildman–Crippen MR) is 81.3 cm³/mol. The van der Waals surface area contributed by atoms with Crippen molar-refractivity contribution in [2.45, 2.75) is 32.4 Å². The van der Waals surface area contributed by atoms with Gasteiger partial charge in [-0.2, -0.15) is 0 Å². The smallest absolute Gasteiger partial charge is 0.0473 e. The molecule has 0 aliphatic carbocycles. The molecule has 1 saturated heterocycles. The van der Waals surface area contributed by atoms with Gasteiger partial charge in [-0.25, -0.2) is 0 Å². The Morgan fingerprint density at radius 1 is 1.26 bits per heavy atom. The van der Waals surface area contributed by atoms with Crippen molar-refractivity contribution in [2.75, 3.05) is 33.2 Å². The van der Waals surface area contributed by atoms with Gasteiger partial charge in [0.15, 0.2) is 0 Å². The van der Waals surface area contributed by atoms with E-state index in [1.165, 1.54) is 24.1 Å². The van der Waals surface area contributed by atoms with E-state index in [0.29, 0.717) is 18.6 Å². The molecule has 0 spiro atoms. The molecule has 1 aliphatic rings. The third-order valence-electron chi connectivity index (χ3n) is 4.18. The average Bonchev–Trinajstić information content (AvgIpc) is 2.54. The lowest BCUT2D eigenvalue weighted by Crippen LogP contribution is -2.42. The molecule has 106 valence electrons. The van der Waals surface area contributed by atoms with E-state index < -0.39 is 0 Å². The second-order valence-corrected chi connectivity index (χ2v) is 5.86. The van der Waals surface area contributed by atoms with Crippen LogP contribution in [0.2, 0.25) is 0 Å². The first-order valence-corrected chi connectivity index (χ1v) is 7.32. The van der Waals surface area contributed by atoms with Crippen LogP contribution in [0, 0.1) is 6.92 Å². The molecule has 1 aromatic carbocycles. The fourth-order valence-corrected chi connectivity index (χ4v) is 3.11. The molecule has 1 heterocycles. The Labute approximate surface area is 117 Å². The minimum atomic E-state index is 0.349. The molecule has 3 heteroatoms. The summed E-state index contributed by atoms with van der Waals surface area (Å²) in [5.41, 5.74) is 8.73. The lowest BCUT2D eigenvalue weighted by molar-refractivity contribution is 0.146. The zero-order valence-electron chi connectivity index (χ0n) is 12.5. The highest BCUT2D eigenvalue weighted by molar-refractivity contribution is 5.24. The van der Waals surface area contributed by atoms with Gasteiger partial charge in [0.2, 0.25) is 0 Å². The van der Waals surface area contributed by atoms with Crippen LogP contribution in [0.25, 0.3) is 0 Å². The monoisotopic (exact) mass is 261 g/mol. The quantitative estimate of drug-likeness (QED) is 0.903. The van der Waals surface area contributed by atoms with E-state index in [-0.39, 0.29) is 0 Å². The molecule has 1 aromatic rings. The van der Waals surface area contributed by atoms with Crippen LogP contribution in [0.15, 0.2) is 24.3 Å². The molecule has 2 unspecified atom stereocenters. The number of hydrogen-bond donors (Lipinski definition) is 1. The molecule has 1 aliphatic heterocycles. The van der Waals surface area contributed by atoms with E-state index in [9.17, 15) is 0 Å². The summed E-state index contributed by atoms with van der Waals surface area (Å²) >= 11 is 0. The van der Waals surface area contributed by atoms with Crippen LogP contribution in [0.4, 0.5) is 0 Å². The van der Waals surface area contributed by atoms with Gasteiger partial charge in [0, 0.05) is 31.7 Å². The predicted octanol–water partition coefficient (Wildman–Crippen LogP) is 2.02. The normalized spacial score (nSPS) is 24.1. The molecule has 2 atom stereocenters. The number of likely N-dealkylation sites (N-methyl/N-ethyl adjacent to an activating group) is 1. The lowest BCUT2D eigenvalue weighted by Gasteiger charge is -2.35. The van der Waals surface area contributed by atoms with Crippen molar-refractivity contribution in [2.24, 2.45) is 5.73 Å². The molecule has 19 heavy (non-hydrogen) atoms. The van der Waals surface area contributed by atoms with Gasteiger partial charge in [-0.1, -0.05) is 29.8 Å². The summed E-state index contributed by atoms with van der Waals surface area (Å²) in [6.07, 6.45) is 1.23. The Bertz CT molecular complexity index is 387. The van der Waals surface area contributed by atoms with Crippen molar-refractivity contribution in [3.05, 3.63) is 35.4 Å².